The van der Waals surface area contributed by atoms with Gasteiger partial charge >= 0.3 is 19.5 Å². The van der Waals surface area contributed by atoms with Gasteiger partial charge in [-0.25, -0.2) is 0 Å². The van der Waals surface area contributed by atoms with Gasteiger partial charge in [0.1, 0.15) is 0 Å². The maximum Gasteiger partial charge on any atom is 2.00 e. The summed E-state index contributed by atoms with van der Waals surface area (Å²) in [7, 11) is 0. The molecule has 0 atom stereocenters. The summed E-state index contributed by atoms with van der Waals surface area (Å²) in [5.41, 5.74) is 2.87. The number of hydrogen-bond donors (Lipinski definition) is 0. The summed E-state index contributed by atoms with van der Waals surface area (Å²) in [5.74, 6) is 0.214. The van der Waals surface area contributed by atoms with Gasteiger partial charge in [-0.2, -0.15) is 0 Å². The monoisotopic (exact) mass is 298 g/mol. The summed E-state index contributed by atoms with van der Waals surface area (Å²) in [6.45, 7) is 14.6. The maximum absolute atomic E-state index is 12.4. The molecule has 0 heterocycles. The Labute approximate surface area is 126 Å². The average Bonchev–Trinajstić information content (AvgIpc) is 2.04. The van der Waals surface area contributed by atoms with E-state index in [0.29, 0.717) is 0 Å². The van der Waals surface area contributed by atoms with E-state index in [-0.39, 0.29) is 43.5 Å². The second kappa shape index (κ2) is 6.19. The summed E-state index contributed by atoms with van der Waals surface area (Å²) < 4.78 is 0. The Balaban J connectivity index is 0. The van der Waals surface area contributed by atoms with Crippen LogP contribution in [-0.4, -0.2) is 0 Å². The normalized spacial score (nSPS) is 11.5. The van der Waals surface area contributed by atoms with E-state index in [2.05, 4.69) is 48.5 Å². The first kappa shape index (κ1) is 20.0. The quantitative estimate of drug-likeness (QED) is 0.522. The Morgan fingerprint density at radius 3 is 1.33 bits per heavy atom. The van der Waals surface area contributed by atoms with Crippen LogP contribution in [0.2, 0.25) is 0 Å². The molecule has 98 valence electrons. The van der Waals surface area contributed by atoms with E-state index >= 15 is 0 Å². The zero-order chi connectivity index (χ0) is 12.7. The Hall–Kier alpha value is -0.357. The van der Waals surface area contributed by atoms with Crippen LogP contribution < -0.4 is 5.11 Å². The molecule has 0 aliphatic heterocycles. The molecule has 0 aromatic heterocycles. The van der Waals surface area contributed by atoms with Crippen molar-refractivity contribution in [2.45, 2.75) is 59.3 Å². The second-order valence-corrected chi connectivity index (χ2v) is 6.69. The Morgan fingerprint density at radius 2 is 1.11 bits per heavy atom. The van der Waals surface area contributed by atoms with E-state index in [0.717, 1.165) is 11.1 Å². The van der Waals surface area contributed by atoms with Crippen LogP contribution in [0.5, 0.6) is 5.75 Å². The second-order valence-electron chi connectivity index (χ2n) is 6.69. The van der Waals surface area contributed by atoms with Crippen LogP contribution in [0.4, 0.5) is 0 Å². The zero-order valence-electron chi connectivity index (χ0n) is 13.3. The van der Waals surface area contributed by atoms with Gasteiger partial charge in [-0.05, 0) is 28.9 Å². The van der Waals surface area contributed by atoms with Gasteiger partial charge in [-0.1, -0.05) is 59.2 Å². The van der Waals surface area contributed by atoms with Crippen LogP contribution in [0, 0.1) is 14.4 Å². The molecular weight excluding hydrogens is 274 g/mol. The molecule has 18 heavy (non-hydrogen) atoms. The molecule has 0 radical (unpaired) electrons. The van der Waals surface area contributed by atoms with Crippen LogP contribution in [0.25, 0.3) is 0 Å². The van der Waals surface area contributed by atoms with Gasteiger partial charge in [-0.15, -0.1) is 5.75 Å². The standard InChI is InChI=1S/C15H24O.CH3.Zn/c1-10-8-11(14(2,3)4)13(16)12(9-10)15(5,6)7;;/h8-9,16H,1-7H3;1H3;/q;-1;+2/p-1. The van der Waals surface area contributed by atoms with E-state index in [9.17, 15) is 5.11 Å². The molecule has 1 nitrogen and oxygen atoms in total. The first-order chi connectivity index (χ1) is 7.03. The van der Waals surface area contributed by atoms with Gasteiger partial charge in [-0.3, -0.25) is 0 Å². The molecule has 0 amide bonds. The van der Waals surface area contributed by atoms with Gasteiger partial charge in [0.2, 0.25) is 0 Å². The topological polar surface area (TPSA) is 23.1 Å². The van der Waals surface area contributed by atoms with Crippen molar-refractivity contribution in [1.82, 2.24) is 0 Å². The molecule has 0 N–H and O–H groups in total. The fraction of sp³-hybridized carbons (Fsp3) is 0.562. The van der Waals surface area contributed by atoms with E-state index in [4.69, 9.17) is 0 Å². The number of benzene rings is 1. The fourth-order valence-corrected chi connectivity index (χ4v) is 1.89. The summed E-state index contributed by atoms with van der Waals surface area (Å²) in [6, 6.07) is 4.05. The summed E-state index contributed by atoms with van der Waals surface area (Å²) >= 11 is 0. The zero-order valence-corrected chi connectivity index (χ0v) is 16.2. The molecule has 0 unspecified atom stereocenters. The van der Waals surface area contributed by atoms with Crippen LogP contribution in [0.3, 0.4) is 0 Å². The third kappa shape index (κ3) is 4.39. The largest absolute Gasteiger partial charge is 2.00 e. The van der Waals surface area contributed by atoms with Crippen LogP contribution >= 0.6 is 0 Å². The summed E-state index contributed by atoms with van der Waals surface area (Å²) in [4.78, 5) is 0. The molecule has 0 fully saturated rings. The molecule has 0 saturated carbocycles. The predicted molar refractivity (Wildman–Crippen MR) is 74.4 cm³/mol. The number of aryl methyl sites for hydroxylation is 1. The first-order valence-electron chi connectivity index (χ1n) is 5.86. The molecule has 0 saturated heterocycles. The summed E-state index contributed by atoms with van der Waals surface area (Å²) in [5, 5.41) is 12.4. The smallest absolute Gasteiger partial charge is 0.872 e. The van der Waals surface area contributed by atoms with E-state index < -0.39 is 0 Å². The Bertz CT molecular complexity index is 360. The van der Waals surface area contributed by atoms with E-state index in [1.54, 1.807) is 0 Å². The number of rotatable bonds is 0. The van der Waals surface area contributed by atoms with Gasteiger partial charge in [0.25, 0.3) is 0 Å². The van der Waals surface area contributed by atoms with Gasteiger partial charge in [0, 0.05) is 0 Å². The molecule has 1 rings (SSSR count). The van der Waals surface area contributed by atoms with E-state index in [1.165, 1.54) is 5.56 Å². The predicted octanol–water partition coefficient (Wildman–Crippen LogP) is 4.11. The van der Waals surface area contributed by atoms with Crippen molar-refractivity contribution in [2.75, 3.05) is 0 Å². The number of hydrogen-bond acceptors (Lipinski definition) is 1. The SMILES string of the molecule is Cc1cc(C(C)(C)C)c([O-])c(C(C)(C)C)c1.[CH3-].[Zn+2]. The minimum atomic E-state index is -0.0803. The summed E-state index contributed by atoms with van der Waals surface area (Å²) in [6.07, 6.45) is 0. The van der Waals surface area contributed by atoms with Crippen LogP contribution in [-0.2, 0) is 30.3 Å². The minimum absolute atomic E-state index is 0. The van der Waals surface area contributed by atoms with Crippen molar-refractivity contribution in [3.8, 4) is 5.75 Å². The average molecular weight is 300 g/mol. The van der Waals surface area contributed by atoms with Crippen molar-refractivity contribution in [1.29, 1.82) is 0 Å². The molecular formula is C16H26OZn. The van der Waals surface area contributed by atoms with Gasteiger partial charge < -0.3 is 12.5 Å². The Morgan fingerprint density at radius 1 is 0.833 bits per heavy atom. The van der Waals surface area contributed by atoms with Crippen molar-refractivity contribution in [3.63, 3.8) is 0 Å². The third-order valence-electron chi connectivity index (χ3n) is 2.85. The van der Waals surface area contributed by atoms with Crippen molar-refractivity contribution in [2.24, 2.45) is 0 Å². The molecule has 2 heteroatoms. The molecule has 1 aromatic carbocycles. The molecule has 0 aliphatic rings. The Kier molecular flexibility index (Phi) is 6.87. The van der Waals surface area contributed by atoms with Crippen LogP contribution in [0.15, 0.2) is 12.1 Å². The van der Waals surface area contributed by atoms with Gasteiger partial charge in [0.05, 0.1) is 0 Å². The molecule has 0 spiro atoms. The van der Waals surface area contributed by atoms with Crippen molar-refractivity contribution in [3.05, 3.63) is 36.2 Å². The van der Waals surface area contributed by atoms with E-state index in [1.807, 2.05) is 12.1 Å². The maximum atomic E-state index is 12.4. The minimum Gasteiger partial charge on any atom is -0.872 e. The molecule has 1 aromatic rings. The fourth-order valence-electron chi connectivity index (χ4n) is 1.89. The van der Waals surface area contributed by atoms with Crippen molar-refractivity contribution >= 4 is 0 Å². The van der Waals surface area contributed by atoms with Crippen molar-refractivity contribution < 1.29 is 24.6 Å². The van der Waals surface area contributed by atoms with Crippen LogP contribution in [0.1, 0.15) is 58.2 Å². The molecule has 0 aliphatic carbocycles. The third-order valence-corrected chi connectivity index (χ3v) is 2.85. The van der Waals surface area contributed by atoms with Gasteiger partial charge in [0.15, 0.2) is 0 Å². The molecule has 0 bridgehead atoms. The first-order valence-corrected chi connectivity index (χ1v) is 5.86.